The van der Waals surface area contributed by atoms with Crippen LogP contribution in [-0.2, 0) is 20.4 Å². The Hall–Kier alpha value is -2.88. The van der Waals surface area contributed by atoms with E-state index in [1.807, 2.05) is 0 Å². The Morgan fingerprint density at radius 1 is 1.30 bits per heavy atom. The van der Waals surface area contributed by atoms with Gasteiger partial charge < -0.3 is 14.8 Å². The lowest BCUT2D eigenvalue weighted by Crippen LogP contribution is -2.19. The Morgan fingerprint density at radius 2 is 2.04 bits per heavy atom. The van der Waals surface area contributed by atoms with E-state index in [1.165, 1.54) is 38.3 Å². The number of carbonyl (C=O) groups is 2. The highest BCUT2D eigenvalue weighted by Crippen LogP contribution is 2.34. The molecule has 0 fully saturated rings. The number of carbonyl (C=O) groups excluding carboxylic acids is 2. The zero-order valence-corrected chi connectivity index (χ0v) is 14.7. The number of hydrogen-bond donors (Lipinski definition) is 1. The standard InChI is InChI=1S/C17H18F3N3O4/c1-3-27-16(25)13-10-21-23(15(13)17(18,19)20)12-6-4-5-11(9-12)22-14(24)7-8-26-2/h4-6,9-10H,3,7-8H2,1-2H3,(H,22,24). The van der Waals surface area contributed by atoms with Crippen molar-refractivity contribution in [2.24, 2.45) is 0 Å². The van der Waals surface area contributed by atoms with Gasteiger partial charge in [-0.1, -0.05) is 6.07 Å². The fraction of sp³-hybridized carbons (Fsp3) is 0.353. The van der Waals surface area contributed by atoms with Crippen molar-refractivity contribution in [1.82, 2.24) is 9.78 Å². The molecule has 2 aromatic rings. The molecule has 2 rings (SSSR count). The summed E-state index contributed by atoms with van der Waals surface area (Å²) in [5.41, 5.74) is -1.61. The average molecular weight is 385 g/mol. The van der Waals surface area contributed by atoms with Gasteiger partial charge in [0, 0.05) is 12.8 Å². The summed E-state index contributed by atoms with van der Waals surface area (Å²) in [4.78, 5) is 23.6. The van der Waals surface area contributed by atoms with Crippen LogP contribution in [0.1, 0.15) is 29.4 Å². The largest absolute Gasteiger partial charge is 0.462 e. The highest BCUT2D eigenvalue weighted by Gasteiger charge is 2.41. The minimum absolute atomic E-state index is 0.0300. The summed E-state index contributed by atoms with van der Waals surface area (Å²) in [6.07, 6.45) is -3.93. The molecule has 1 aromatic heterocycles. The lowest BCUT2D eigenvalue weighted by Gasteiger charge is -2.13. The molecule has 1 amide bonds. The second-order valence-corrected chi connectivity index (χ2v) is 5.38. The summed E-state index contributed by atoms with van der Waals surface area (Å²) in [7, 11) is 1.45. The third-order valence-electron chi connectivity index (χ3n) is 3.44. The first kappa shape index (κ1) is 20.4. The van der Waals surface area contributed by atoms with Crippen LogP contribution in [0.5, 0.6) is 0 Å². The van der Waals surface area contributed by atoms with Crippen LogP contribution in [0.4, 0.5) is 18.9 Å². The van der Waals surface area contributed by atoms with Gasteiger partial charge in [0.25, 0.3) is 0 Å². The quantitative estimate of drug-likeness (QED) is 0.741. The number of aromatic nitrogens is 2. The van der Waals surface area contributed by atoms with Crippen molar-refractivity contribution < 1.29 is 32.2 Å². The van der Waals surface area contributed by atoms with E-state index in [2.05, 4.69) is 15.2 Å². The second-order valence-electron chi connectivity index (χ2n) is 5.38. The maximum Gasteiger partial charge on any atom is 0.434 e. The van der Waals surface area contributed by atoms with Crippen LogP contribution in [0.3, 0.4) is 0 Å². The molecule has 0 spiro atoms. The molecule has 0 aliphatic rings. The zero-order valence-electron chi connectivity index (χ0n) is 14.7. The number of rotatable bonds is 7. The number of ether oxygens (including phenoxy) is 2. The molecule has 0 saturated heterocycles. The van der Waals surface area contributed by atoms with Gasteiger partial charge in [-0.2, -0.15) is 18.3 Å². The number of esters is 1. The minimum Gasteiger partial charge on any atom is -0.462 e. The monoisotopic (exact) mass is 385 g/mol. The Kier molecular flexibility index (Phi) is 6.56. The maximum absolute atomic E-state index is 13.5. The average Bonchev–Trinajstić information content (AvgIpc) is 3.06. The lowest BCUT2D eigenvalue weighted by molar-refractivity contribution is -0.143. The van der Waals surface area contributed by atoms with Crippen LogP contribution in [0, 0.1) is 0 Å². The zero-order chi connectivity index (χ0) is 20.0. The number of anilines is 1. The molecule has 146 valence electrons. The summed E-state index contributed by atoms with van der Waals surface area (Å²) >= 11 is 0. The second kappa shape index (κ2) is 8.67. The van der Waals surface area contributed by atoms with Crippen molar-refractivity contribution in [1.29, 1.82) is 0 Å². The van der Waals surface area contributed by atoms with Gasteiger partial charge in [0.1, 0.15) is 5.56 Å². The van der Waals surface area contributed by atoms with Crippen LogP contribution < -0.4 is 5.32 Å². The van der Waals surface area contributed by atoms with Gasteiger partial charge in [-0.25, -0.2) is 9.48 Å². The fourth-order valence-corrected chi connectivity index (χ4v) is 2.31. The molecule has 0 aliphatic carbocycles. The molecule has 0 bridgehead atoms. The Bertz CT molecular complexity index is 818. The molecule has 7 nitrogen and oxygen atoms in total. The number of amides is 1. The van der Waals surface area contributed by atoms with Crippen LogP contribution >= 0.6 is 0 Å². The van der Waals surface area contributed by atoms with E-state index in [9.17, 15) is 22.8 Å². The van der Waals surface area contributed by atoms with Crippen molar-refractivity contribution in [3.63, 3.8) is 0 Å². The minimum atomic E-state index is -4.84. The molecule has 0 radical (unpaired) electrons. The predicted molar refractivity (Wildman–Crippen MR) is 89.6 cm³/mol. The van der Waals surface area contributed by atoms with Crippen LogP contribution in [0.2, 0.25) is 0 Å². The number of benzene rings is 1. The number of alkyl halides is 3. The van der Waals surface area contributed by atoms with Gasteiger partial charge in [0.2, 0.25) is 5.91 Å². The number of halogens is 3. The van der Waals surface area contributed by atoms with Crippen molar-refractivity contribution in [3.8, 4) is 5.69 Å². The molecule has 0 unspecified atom stereocenters. The molecule has 1 aromatic carbocycles. The Morgan fingerprint density at radius 3 is 2.67 bits per heavy atom. The molecular weight excluding hydrogens is 367 g/mol. The van der Waals surface area contributed by atoms with Gasteiger partial charge in [0.15, 0.2) is 5.69 Å². The first-order chi connectivity index (χ1) is 12.8. The molecule has 1 heterocycles. The predicted octanol–water partition coefficient (Wildman–Crippen LogP) is 3.04. The van der Waals surface area contributed by atoms with E-state index < -0.39 is 23.4 Å². The molecule has 0 atom stereocenters. The van der Waals surface area contributed by atoms with Crippen molar-refractivity contribution in [3.05, 3.63) is 41.7 Å². The van der Waals surface area contributed by atoms with Gasteiger partial charge in [-0.15, -0.1) is 0 Å². The Labute approximate surface area is 153 Å². The van der Waals surface area contributed by atoms with E-state index in [0.717, 1.165) is 6.20 Å². The topological polar surface area (TPSA) is 82.5 Å². The molecule has 0 saturated carbocycles. The van der Waals surface area contributed by atoms with E-state index in [-0.39, 0.29) is 36.9 Å². The first-order valence-corrected chi connectivity index (χ1v) is 7.99. The van der Waals surface area contributed by atoms with E-state index in [1.54, 1.807) is 0 Å². The van der Waals surface area contributed by atoms with Crippen molar-refractivity contribution >= 4 is 17.6 Å². The summed E-state index contributed by atoms with van der Waals surface area (Å²) in [6.45, 7) is 1.64. The molecular formula is C17H18F3N3O4. The highest BCUT2D eigenvalue weighted by atomic mass is 19.4. The molecule has 27 heavy (non-hydrogen) atoms. The van der Waals surface area contributed by atoms with Gasteiger partial charge in [0.05, 0.1) is 31.5 Å². The van der Waals surface area contributed by atoms with Gasteiger partial charge in [-0.05, 0) is 25.1 Å². The highest BCUT2D eigenvalue weighted by molar-refractivity contribution is 5.92. The summed E-state index contributed by atoms with van der Waals surface area (Å²) in [5, 5.41) is 6.25. The Balaban J connectivity index is 2.39. The first-order valence-electron chi connectivity index (χ1n) is 7.99. The van der Waals surface area contributed by atoms with Crippen LogP contribution in [0.25, 0.3) is 5.69 Å². The maximum atomic E-state index is 13.5. The summed E-state index contributed by atoms with van der Waals surface area (Å²) in [5.74, 6) is -1.46. The van der Waals surface area contributed by atoms with Crippen molar-refractivity contribution in [2.45, 2.75) is 19.5 Å². The third-order valence-corrected chi connectivity index (χ3v) is 3.44. The molecule has 10 heteroatoms. The SMILES string of the molecule is CCOC(=O)c1cnn(-c2cccc(NC(=O)CCOC)c2)c1C(F)(F)F. The van der Waals surface area contributed by atoms with E-state index >= 15 is 0 Å². The third kappa shape index (κ3) is 5.07. The lowest BCUT2D eigenvalue weighted by atomic mass is 10.2. The van der Waals surface area contributed by atoms with Crippen LogP contribution in [-0.4, -0.2) is 42.0 Å². The number of methoxy groups -OCH3 is 1. The van der Waals surface area contributed by atoms with E-state index in [4.69, 9.17) is 4.74 Å². The molecule has 1 N–H and O–H groups in total. The molecule has 0 aliphatic heterocycles. The van der Waals surface area contributed by atoms with Crippen molar-refractivity contribution in [2.75, 3.05) is 25.6 Å². The normalized spacial score (nSPS) is 11.3. The van der Waals surface area contributed by atoms with E-state index in [0.29, 0.717) is 4.68 Å². The smallest absolute Gasteiger partial charge is 0.434 e. The van der Waals surface area contributed by atoms with Gasteiger partial charge >= 0.3 is 12.1 Å². The number of nitrogens with one attached hydrogen (secondary N) is 1. The van der Waals surface area contributed by atoms with Crippen LogP contribution in [0.15, 0.2) is 30.5 Å². The number of nitrogens with zero attached hydrogens (tertiary/aromatic N) is 2. The fourth-order valence-electron chi connectivity index (χ4n) is 2.31. The summed E-state index contributed by atoms with van der Waals surface area (Å²) in [6, 6.07) is 5.69. The summed E-state index contributed by atoms with van der Waals surface area (Å²) < 4.78 is 50.6. The number of hydrogen-bond acceptors (Lipinski definition) is 5. The van der Waals surface area contributed by atoms with Gasteiger partial charge in [-0.3, -0.25) is 4.79 Å².